The summed E-state index contributed by atoms with van der Waals surface area (Å²) in [5, 5.41) is 37.1. The lowest BCUT2D eigenvalue weighted by atomic mass is 9.89. The second kappa shape index (κ2) is 10.7. The molecule has 2 atom stereocenters. The van der Waals surface area contributed by atoms with Crippen LogP contribution in [0, 0.1) is 34.5 Å². The molecule has 0 saturated heterocycles. The van der Waals surface area contributed by atoms with Crippen LogP contribution >= 0.6 is 0 Å². The second-order valence-corrected chi connectivity index (χ2v) is 10.6. The predicted molar refractivity (Wildman–Crippen MR) is 157 cm³/mol. The van der Waals surface area contributed by atoms with Gasteiger partial charge < -0.3 is 24.9 Å². The van der Waals surface area contributed by atoms with E-state index in [1.54, 1.807) is 37.3 Å². The third-order valence-corrected chi connectivity index (χ3v) is 7.88. The summed E-state index contributed by atoms with van der Waals surface area (Å²) in [6.45, 7) is 7.57. The van der Waals surface area contributed by atoms with Crippen LogP contribution in [0.15, 0.2) is 52.9 Å². The minimum Gasteiger partial charge on any atom is -0.496 e. The average molecular weight is 568 g/mol. The minimum atomic E-state index is -1.18. The van der Waals surface area contributed by atoms with E-state index in [4.69, 9.17) is 9.15 Å². The van der Waals surface area contributed by atoms with Crippen LogP contribution in [0.4, 0.5) is 15.8 Å². The van der Waals surface area contributed by atoms with Crippen molar-refractivity contribution in [2.45, 2.75) is 39.5 Å². The molecule has 214 valence electrons. The number of ether oxygens (including phenoxy) is 1. The van der Waals surface area contributed by atoms with Gasteiger partial charge in [0.1, 0.15) is 28.4 Å². The van der Waals surface area contributed by atoms with Crippen LogP contribution in [0.2, 0.25) is 0 Å². The summed E-state index contributed by atoms with van der Waals surface area (Å²) < 4.78 is 25.6. The number of hydrogen-bond acceptors (Lipinski definition) is 8. The Kier molecular flexibility index (Phi) is 7.27. The molecule has 0 bridgehead atoms. The van der Waals surface area contributed by atoms with Crippen molar-refractivity contribution < 1.29 is 23.4 Å². The number of carbonyl (C=O) groups is 1. The maximum Gasteiger partial charge on any atom is 0.256 e. The topological polar surface area (TPSA) is 135 Å². The number of hydrogen-bond donors (Lipinski definition) is 3. The molecule has 42 heavy (non-hydrogen) atoms. The molecular weight excluding hydrogens is 537 g/mol. The smallest absolute Gasteiger partial charge is 0.256 e. The molecule has 2 heterocycles. The number of nitrogens with one attached hydrogen (secondary N) is 2. The Hall–Kier alpha value is -5.06. The molecule has 1 aliphatic heterocycles. The van der Waals surface area contributed by atoms with Gasteiger partial charge in [-0.3, -0.25) is 9.69 Å². The Bertz CT molecular complexity index is 1800. The predicted octanol–water partition coefficient (Wildman–Crippen LogP) is 6.31. The number of aliphatic hydroxyl groups excluding tert-OH is 1. The lowest BCUT2D eigenvalue weighted by Gasteiger charge is -2.27. The molecule has 0 fully saturated rings. The molecule has 0 spiro atoms. The number of anilines is 2. The van der Waals surface area contributed by atoms with E-state index in [9.17, 15) is 24.8 Å². The monoisotopic (exact) mass is 567 g/mol. The van der Waals surface area contributed by atoms with Gasteiger partial charge in [0.05, 0.1) is 35.7 Å². The number of carbonyl (C=O) groups excluding carboxylic acids is 1. The van der Waals surface area contributed by atoms with Crippen molar-refractivity contribution in [2.24, 2.45) is 5.92 Å². The fourth-order valence-corrected chi connectivity index (χ4v) is 5.08. The number of benzene rings is 3. The molecule has 1 amide bonds. The van der Waals surface area contributed by atoms with Gasteiger partial charge in [0.15, 0.2) is 12.4 Å². The number of nitrogens with zero attached hydrogens (tertiary/aromatic N) is 3. The summed E-state index contributed by atoms with van der Waals surface area (Å²) in [4.78, 5) is 15.0. The van der Waals surface area contributed by atoms with Crippen LogP contribution in [-0.2, 0) is 0 Å². The standard InChI is InChI=1S/C32H30FN5O4/c1-6-38(16-35)25-14-27-22(28-29(42-27)20-9-8-19(33)12-24(20)36-31(28)40)13-21(25)18-7-10-26(41-5)23(11-18)30(39)37-32(4,15-34)17(2)3/h7-14,17,31,36,40H,6H2,1-5H3,(H,37,39). The van der Waals surface area contributed by atoms with E-state index in [1.165, 1.54) is 24.1 Å². The van der Waals surface area contributed by atoms with E-state index < -0.39 is 23.5 Å². The van der Waals surface area contributed by atoms with E-state index in [2.05, 4.69) is 22.9 Å². The van der Waals surface area contributed by atoms with Gasteiger partial charge in [-0.15, -0.1) is 0 Å². The lowest BCUT2D eigenvalue weighted by molar-refractivity contribution is 0.0905. The van der Waals surface area contributed by atoms with Gasteiger partial charge in [0.2, 0.25) is 0 Å². The van der Waals surface area contributed by atoms with Gasteiger partial charge in [0.25, 0.3) is 5.91 Å². The lowest BCUT2D eigenvalue weighted by Crippen LogP contribution is -2.48. The number of furan rings is 1. The van der Waals surface area contributed by atoms with Crippen LogP contribution in [-0.4, -0.2) is 30.2 Å². The molecule has 1 aromatic heterocycles. The van der Waals surface area contributed by atoms with Gasteiger partial charge in [-0.25, -0.2) is 4.39 Å². The van der Waals surface area contributed by atoms with Crippen LogP contribution in [0.25, 0.3) is 33.4 Å². The SMILES string of the molecule is CCN(C#N)c1cc2oc3c(c2cc1-c1ccc(OC)c(C(=O)NC(C)(C#N)C(C)C)c1)C(O)Nc1cc(F)ccc1-3. The Morgan fingerprint density at radius 2 is 1.98 bits per heavy atom. The highest BCUT2D eigenvalue weighted by molar-refractivity contribution is 6.02. The zero-order chi connectivity index (χ0) is 30.3. The highest BCUT2D eigenvalue weighted by atomic mass is 19.1. The summed E-state index contributed by atoms with van der Waals surface area (Å²) in [5.41, 5.74) is 2.75. The number of amides is 1. The number of rotatable bonds is 7. The molecule has 10 heteroatoms. The zero-order valence-corrected chi connectivity index (χ0v) is 23.9. The summed E-state index contributed by atoms with van der Waals surface area (Å²) in [6, 6.07) is 15.0. The van der Waals surface area contributed by atoms with Crippen LogP contribution < -0.4 is 20.3 Å². The number of nitriles is 2. The first-order chi connectivity index (χ1) is 20.0. The second-order valence-electron chi connectivity index (χ2n) is 10.6. The van der Waals surface area contributed by atoms with E-state index in [0.717, 1.165) is 0 Å². The number of halogens is 1. The largest absolute Gasteiger partial charge is 0.496 e. The average Bonchev–Trinajstić information content (AvgIpc) is 3.36. The van der Waals surface area contributed by atoms with Crippen molar-refractivity contribution >= 4 is 28.3 Å². The fraction of sp³-hybridized carbons (Fsp3) is 0.281. The maximum absolute atomic E-state index is 13.9. The first-order valence-corrected chi connectivity index (χ1v) is 13.5. The highest BCUT2D eigenvalue weighted by Crippen LogP contribution is 2.47. The molecular formula is C32H30FN5O4. The fourth-order valence-electron chi connectivity index (χ4n) is 5.08. The maximum atomic E-state index is 13.9. The summed E-state index contributed by atoms with van der Waals surface area (Å²) >= 11 is 0. The molecule has 0 aliphatic carbocycles. The Balaban J connectivity index is 1.72. The van der Waals surface area contributed by atoms with Crippen molar-refractivity contribution in [3.05, 3.63) is 65.5 Å². The molecule has 5 rings (SSSR count). The molecule has 9 nitrogen and oxygen atoms in total. The minimum absolute atomic E-state index is 0.155. The van der Waals surface area contributed by atoms with Gasteiger partial charge in [-0.05, 0) is 61.7 Å². The molecule has 3 aromatic carbocycles. The van der Waals surface area contributed by atoms with Gasteiger partial charge in [-0.1, -0.05) is 19.9 Å². The molecule has 2 unspecified atom stereocenters. The number of methoxy groups -OCH3 is 1. The summed E-state index contributed by atoms with van der Waals surface area (Å²) in [6.07, 6.45) is 1.02. The van der Waals surface area contributed by atoms with Gasteiger partial charge in [0, 0.05) is 29.1 Å². The van der Waals surface area contributed by atoms with Crippen LogP contribution in [0.5, 0.6) is 5.75 Å². The summed E-state index contributed by atoms with van der Waals surface area (Å²) in [5.74, 6) is -0.371. The van der Waals surface area contributed by atoms with Crippen molar-refractivity contribution in [2.75, 3.05) is 23.9 Å². The van der Waals surface area contributed by atoms with Gasteiger partial charge in [-0.2, -0.15) is 10.5 Å². The molecule has 0 radical (unpaired) electrons. The Labute approximate surface area is 242 Å². The van der Waals surface area contributed by atoms with E-state index in [-0.39, 0.29) is 11.5 Å². The van der Waals surface area contributed by atoms with Gasteiger partial charge >= 0.3 is 0 Å². The van der Waals surface area contributed by atoms with Crippen LogP contribution in [0.1, 0.15) is 49.8 Å². The molecule has 4 aromatic rings. The Morgan fingerprint density at radius 3 is 2.62 bits per heavy atom. The van der Waals surface area contributed by atoms with Crippen molar-refractivity contribution in [3.63, 3.8) is 0 Å². The zero-order valence-electron chi connectivity index (χ0n) is 23.9. The quantitative estimate of drug-likeness (QED) is 0.175. The van der Waals surface area contributed by atoms with Crippen molar-refractivity contribution in [1.29, 1.82) is 10.5 Å². The third kappa shape index (κ3) is 4.66. The number of aliphatic hydroxyl groups is 1. The number of fused-ring (bicyclic) bond motifs is 5. The molecule has 0 saturated carbocycles. The van der Waals surface area contributed by atoms with E-state index >= 15 is 0 Å². The van der Waals surface area contributed by atoms with E-state index in [1.807, 2.05) is 26.8 Å². The first-order valence-electron chi connectivity index (χ1n) is 13.5. The molecule has 1 aliphatic rings. The van der Waals surface area contributed by atoms with E-state index in [0.29, 0.717) is 62.7 Å². The first kappa shape index (κ1) is 28.5. The van der Waals surface area contributed by atoms with Crippen molar-refractivity contribution in [1.82, 2.24) is 5.32 Å². The molecule has 3 N–H and O–H groups in total. The highest BCUT2D eigenvalue weighted by Gasteiger charge is 2.33. The third-order valence-electron chi connectivity index (χ3n) is 7.88. The normalized spacial score (nSPS) is 15.0. The summed E-state index contributed by atoms with van der Waals surface area (Å²) in [7, 11) is 1.46. The van der Waals surface area contributed by atoms with Crippen molar-refractivity contribution in [3.8, 4) is 40.5 Å². The Morgan fingerprint density at radius 1 is 1.21 bits per heavy atom. The van der Waals surface area contributed by atoms with Crippen LogP contribution in [0.3, 0.4) is 0 Å².